The van der Waals surface area contributed by atoms with E-state index >= 15 is 0 Å². The first-order chi connectivity index (χ1) is 10.8. The second-order valence-corrected chi connectivity index (χ2v) is 5.40. The van der Waals surface area contributed by atoms with E-state index in [2.05, 4.69) is 10.4 Å². The topological polar surface area (TPSA) is 56.2 Å². The van der Waals surface area contributed by atoms with Gasteiger partial charge in [0.1, 0.15) is 11.3 Å². The number of nitrogens with zero attached hydrogens (tertiary/aromatic N) is 2. The lowest BCUT2D eigenvalue weighted by Crippen LogP contribution is -2.25. The van der Waals surface area contributed by atoms with E-state index in [4.69, 9.17) is 4.74 Å². The SMILES string of the molecule is Cn1cc(C(=O)NC2CC2)c(Oc2cccc(C(F)(F)F)c2)n1. The molecule has 122 valence electrons. The maximum Gasteiger partial charge on any atom is 0.416 e. The smallest absolute Gasteiger partial charge is 0.416 e. The Balaban J connectivity index is 1.84. The van der Waals surface area contributed by atoms with E-state index in [-0.39, 0.29) is 29.1 Å². The number of carbonyl (C=O) groups excluding carboxylic acids is 1. The number of hydrogen-bond acceptors (Lipinski definition) is 3. The molecular formula is C15H14F3N3O2. The van der Waals surface area contributed by atoms with E-state index in [1.54, 1.807) is 7.05 Å². The van der Waals surface area contributed by atoms with Gasteiger partial charge < -0.3 is 10.1 Å². The van der Waals surface area contributed by atoms with Crippen LogP contribution in [0.1, 0.15) is 28.8 Å². The summed E-state index contributed by atoms with van der Waals surface area (Å²) < 4.78 is 45.0. The monoisotopic (exact) mass is 325 g/mol. The van der Waals surface area contributed by atoms with Crippen molar-refractivity contribution in [2.75, 3.05) is 0 Å². The number of halogens is 3. The Kier molecular flexibility index (Phi) is 3.75. The predicted octanol–water partition coefficient (Wildman–Crippen LogP) is 3.12. The molecule has 8 heteroatoms. The Hall–Kier alpha value is -2.51. The molecule has 1 aliphatic rings. The second kappa shape index (κ2) is 5.60. The Bertz CT molecular complexity index is 736. The van der Waals surface area contributed by atoms with E-state index in [9.17, 15) is 18.0 Å². The molecule has 0 saturated heterocycles. The molecule has 1 heterocycles. The number of nitrogens with one attached hydrogen (secondary N) is 1. The minimum absolute atomic E-state index is 0.0232. The molecule has 5 nitrogen and oxygen atoms in total. The Labute approximate surface area is 130 Å². The van der Waals surface area contributed by atoms with Gasteiger partial charge >= 0.3 is 6.18 Å². The van der Waals surface area contributed by atoms with Gasteiger partial charge in [0, 0.05) is 19.3 Å². The van der Waals surface area contributed by atoms with Crippen LogP contribution in [0.5, 0.6) is 11.6 Å². The third-order valence-electron chi connectivity index (χ3n) is 3.33. The number of alkyl halides is 3. The molecule has 1 saturated carbocycles. The number of aryl methyl sites for hydroxylation is 1. The predicted molar refractivity (Wildman–Crippen MR) is 75.2 cm³/mol. The summed E-state index contributed by atoms with van der Waals surface area (Å²) in [6.07, 6.45) is -1.14. The summed E-state index contributed by atoms with van der Waals surface area (Å²) in [4.78, 5) is 12.1. The van der Waals surface area contributed by atoms with E-state index in [0.717, 1.165) is 25.0 Å². The van der Waals surface area contributed by atoms with Crippen molar-refractivity contribution < 1.29 is 22.7 Å². The summed E-state index contributed by atoms with van der Waals surface area (Å²) >= 11 is 0. The highest BCUT2D eigenvalue weighted by molar-refractivity contribution is 5.96. The standard InChI is InChI=1S/C15H14F3N3O2/c1-21-8-12(13(22)19-10-5-6-10)14(20-21)23-11-4-2-3-9(7-11)15(16,17)18/h2-4,7-8,10H,5-6H2,1H3,(H,19,22). The molecule has 0 spiro atoms. The number of ether oxygens (including phenoxy) is 1. The van der Waals surface area contributed by atoms with Crippen LogP contribution >= 0.6 is 0 Å². The van der Waals surface area contributed by atoms with Gasteiger partial charge in [-0.2, -0.15) is 13.2 Å². The van der Waals surface area contributed by atoms with Gasteiger partial charge in [0.15, 0.2) is 0 Å². The van der Waals surface area contributed by atoms with Crippen LogP contribution in [0.2, 0.25) is 0 Å². The van der Waals surface area contributed by atoms with Gasteiger partial charge in [0.25, 0.3) is 11.8 Å². The molecule has 1 fully saturated rings. The van der Waals surface area contributed by atoms with E-state index < -0.39 is 11.7 Å². The Morgan fingerprint density at radius 2 is 2.13 bits per heavy atom. The first-order valence-corrected chi connectivity index (χ1v) is 7.02. The van der Waals surface area contributed by atoms with Crippen molar-refractivity contribution >= 4 is 5.91 Å². The fourth-order valence-electron chi connectivity index (χ4n) is 2.04. The van der Waals surface area contributed by atoms with Crippen LogP contribution in [0, 0.1) is 0 Å². The van der Waals surface area contributed by atoms with Crippen LogP contribution in [0.4, 0.5) is 13.2 Å². The van der Waals surface area contributed by atoms with Crippen LogP contribution in [-0.2, 0) is 13.2 Å². The summed E-state index contributed by atoms with van der Waals surface area (Å²) in [7, 11) is 1.60. The van der Waals surface area contributed by atoms with Gasteiger partial charge in [-0.25, -0.2) is 0 Å². The zero-order valence-electron chi connectivity index (χ0n) is 12.2. The minimum atomic E-state index is -4.46. The summed E-state index contributed by atoms with van der Waals surface area (Å²) in [5.74, 6) is -0.397. The summed E-state index contributed by atoms with van der Waals surface area (Å²) in [6, 6.07) is 4.60. The fraction of sp³-hybridized carbons (Fsp3) is 0.333. The molecule has 1 aromatic heterocycles. The molecule has 0 radical (unpaired) electrons. The largest absolute Gasteiger partial charge is 0.437 e. The summed E-state index contributed by atoms with van der Waals surface area (Å²) in [6.45, 7) is 0. The molecule has 1 aromatic carbocycles. The number of aromatic nitrogens is 2. The quantitative estimate of drug-likeness (QED) is 0.940. The van der Waals surface area contributed by atoms with E-state index in [0.29, 0.717) is 0 Å². The van der Waals surface area contributed by atoms with E-state index in [1.807, 2.05) is 0 Å². The van der Waals surface area contributed by atoms with Gasteiger partial charge in [-0.3, -0.25) is 9.48 Å². The summed E-state index contributed by atoms with van der Waals surface area (Å²) in [5.41, 5.74) is -0.633. The van der Waals surface area contributed by atoms with Gasteiger partial charge in [-0.1, -0.05) is 6.07 Å². The number of carbonyl (C=O) groups is 1. The number of amides is 1. The van der Waals surface area contributed by atoms with E-state index in [1.165, 1.54) is 23.0 Å². The molecule has 23 heavy (non-hydrogen) atoms. The molecule has 0 unspecified atom stereocenters. The average Bonchev–Trinajstić information content (AvgIpc) is 3.20. The van der Waals surface area contributed by atoms with Crippen LogP contribution < -0.4 is 10.1 Å². The van der Waals surface area contributed by atoms with Crippen LogP contribution in [0.3, 0.4) is 0 Å². The van der Waals surface area contributed by atoms with Gasteiger partial charge in [0.05, 0.1) is 5.56 Å². The van der Waals surface area contributed by atoms with Crippen LogP contribution in [0.15, 0.2) is 30.5 Å². The van der Waals surface area contributed by atoms with Crippen molar-refractivity contribution in [3.05, 3.63) is 41.6 Å². The zero-order valence-corrected chi connectivity index (χ0v) is 12.2. The van der Waals surface area contributed by atoms with Crippen molar-refractivity contribution in [3.63, 3.8) is 0 Å². The van der Waals surface area contributed by atoms with Gasteiger partial charge in [-0.05, 0) is 31.0 Å². The van der Waals surface area contributed by atoms with Crippen molar-refractivity contribution in [1.29, 1.82) is 0 Å². The average molecular weight is 325 g/mol. The Morgan fingerprint density at radius 3 is 2.78 bits per heavy atom. The van der Waals surface area contributed by atoms with Gasteiger partial charge in [-0.15, -0.1) is 5.10 Å². The highest BCUT2D eigenvalue weighted by Crippen LogP contribution is 2.33. The molecule has 1 N–H and O–H groups in total. The zero-order chi connectivity index (χ0) is 16.6. The molecular weight excluding hydrogens is 311 g/mol. The van der Waals surface area contributed by atoms with Crippen molar-refractivity contribution in [3.8, 4) is 11.6 Å². The van der Waals surface area contributed by atoms with Gasteiger partial charge in [0.2, 0.25) is 0 Å². The highest BCUT2D eigenvalue weighted by Gasteiger charge is 2.31. The fourth-order valence-corrected chi connectivity index (χ4v) is 2.04. The lowest BCUT2D eigenvalue weighted by atomic mass is 10.2. The molecule has 3 rings (SSSR count). The summed E-state index contributed by atoms with van der Waals surface area (Å²) in [5, 5.41) is 6.79. The number of hydrogen-bond donors (Lipinski definition) is 1. The normalized spacial score (nSPS) is 14.6. The van der Waals surface area contributed by atoms with Crippen molar-refractivity contribution in [1.82, 2.24) is 15.1 Å². The van der Waals surface area contributed by atoms with Crippen LogP contribution in [-0.4, -0.2) is 21.7 Å². The second-order valence-electron chi connectivity index (χ2n) is 5.40. The maximum absolute atomic E-state index is 12.7. The molecule has 0 atom stereocenters. The molecule has 2 aromatic rings. The lowest BCUT2D eigenvalue weighted by Gasteiger charge is -2.09. The number of rotatable bonds is 4. The van der Waals surface area contributed by atoms with Crippen molar-refractivity contribution in [2.24, 2.45) is 7.05 Å². The third-order valence-corrected chi connectivity index (χ3v) is 3.33. The molecule has 0 aliphatic heterocycles. The molecule has 0 bridgehead atoms. The number of benzene rings is 1. The van der Waals surface area contributed by atoms with Crippen molar-refractivity contribution in [2.45, 2.75) is 25.1 Å². The highest BCUT2D eigenvalue weighted by atomic mass is 19.4. The Morgan fingerprint density at radius 1 is 1.39 bits per heavy atom. The molecule has 1 aliphatic carbocycles. The minimum Gasteiger partial charge on any atom is -0.437 e. The lowest BCUT2D eigenvalue weighted by molar-refractivity contribution is -0.137. The first kappa shape index (κ1) is 15.4. The maximum atomic E-state index is 12.7. The first-order valence-electron chi connectivity index (χ1n) is 7.02. The molecule has 1 amide bonds. The third kappa shape index (κ3) is 3.64. The van der Waals surface area contributed by atoms with Crippen LogP contribution in [0.25, 0.3) is 0 Å².